The molecule has 0 bridgehead atoms. The fraction of sp³-hybridized carbons (Fsp3) is 0.400. The van der Waals surface area contributed by atoms with Crippen LogP contribution in [0.2, 0.25) is 0 Å². The van der Waals surface area contributed by atoms with Crippen LogP contribution < -0.4 is 10.0 Å². The van der Waals surface area contributed by atoms with Gasteiger partial charge < -0.3 is 5.32 Å². The van der Waals surface area contributed by atoms with Crippen LogP contribution in [0.5, 0.6) is 0 Å². The first-order chi connectivity index (χ1) is 11.4. The van der Waals surface area contributed by atoms with E-state index >= 15 is 0 Å². The molecule has 1 atom stereocenters. The lowest BCUT2D eigenvalue weighted by atomic mass is 10.1. The summed E-state index contributed by atoms with van der Waals surface area (Å²) >= 11 is 0.835. The number of hydrogen-bond acceptors (Lipinski definition) is 6. The van der Waals surface area contributed by atoms with E-state index in [9.17, 15) is 13.2 Å². The van der Waals surface area contributed by atoms with Gasteiger partial charge in [-0.05, 0) is 25.3 Å². The Morgan fingerprint density at radius 2 is 1.96 bits per heavy atom. The van der Waals surface area contributed by atoms with Crippen molar-refractivity contribution in [3.05, 3.63) is 35.9 Å². The highest BCUT2D eigenvalue weighted by molar-refractivity contribution is 7.91. The molecule has 0 fully saturated rings. The van der Waals surface area contributed by atoms with Crippen molar-refractivity contribution in [2.45, 2.75) is 43.5 Å². The third-order valence-corrected chi connectivity index (χ3v) is 6.06. The number of aryl methyl sites for hydroxylation is 1. The first-order valence-electron chi connectivity index (χ1n) is 7.60. The first-order valence-corrected chi connectivity index (χ1v) is 9.90. The maximum absolute atomic E-state index is 12.3. The van der Waals surface area contributed by atoms with E-state index < -0.39 is 10.0 Å². The fourth-order valence-corrected chi connectivity index (χ4v) is 4.19. The van der Waals surface area contributed by atoms with Crippen molar-refractivity contribution in [2.75, 3.05) is 5.32 Å². The van der Waals surface area contributed by atoms with E-state index in [0.717, 1.165) is 23.3 Å². The summed E-state index contributed by atoms with van der Waals surface area (Å²) in [5.74, 6) is -0.237. The predicted molar refractivity (Wildman–Crippen MR) is 93.4 cm³/mol. The normalized spacial score (nSPS) is 12.8. The average Bonchev–Trinajstić information content (AvgIpc) is 3.03. The summed E-state index contributed by atoms with van der Waals surface area (Å²) in [6.07, 6.45) is 1.73. The quantitative estimate of drug-likeness (QED) is 0.696. The molecule has 24 heavy (non-hydrogen) atoms. The van der Waals surface area contributed by atoms with Gasteiger partial charge in [0, 0.05) is 12.5 Å². The number of amides is 1. The van der Waals surface area contributed by atoms with E-state index in [0.29, 0.717) is 6.42 Å². The Kier molecular flexibility index (Phi) is 6.41. The van der Waals surface area contributed by atoms with Gasteiger partial charge in [-0.3, -0.25) is 4.79 Å². The molecule has 130 valence electrons. The van der Waals surface area contributed by atoms with Crippen molar-refractivity contribution in [3.8, 4) is 0 Å². The molecule has 0 radical (unpaired) electrons. The topological polar surface area (TPSA) is 101 Å². The van der Waals surface area contributed by atoms with Crippen LogP contribution in [0.15, 0.2) is 34.7 Å². The average molecular weight is 368 g/mol. The smallest absolute Gasteiger partial charge is 0.270 e. The third kappa shape index (κ3) is 5.36. The number of carbonyl (C=O) groups is 1. The number of benzene rings is 1. The van der Waals surface area contributed by atoms with E-state index in [1.165, 1.54) is 0 Å². The zero-order valence-electron chi connectivity index (χ0n) is 13.5. The molecular weight excluding hydrogens is 348 g/mol. The molecule has 0 aliphatic heterocycles. The Labute approximate surface area is 145 Å². The number of carbonyl (C=O) groups excluding carboxylic acids is 1. The first kappa shape index (κ1) is 18.5. The Morgan fingerprint density at radius 3 is 2.62 bits per heavy atom. The number of nitrogens with one attached hydrogen (secondary N) is 2. The third-order valence-electron chi connectivity index (χ3n) is 3.27. The Balaban J connectivity index is 1.93. The lowest BCUT2D eigenvalue weighted by Gasteiger charge is -2.12. The van der Waals surface area contributed by atoms with Crippen LogP contribution in [-0.2, 0) is 21.2 Å². The highest BCUT2D eigenvalue weighted by atomic mass is 32.2. The largest absolute Gasteiger partial charge is 0.301 e. The molecule has 0 saturated heterocycles. The van der Waals surface area contributed by atoms with Crippen LogP contribution in [0.3, 0.4) is 0 Å². The van der Waals surface area contributed by atoms with Crippen LogP contribution in [0.25, 0.3) is 0 Å². The molecule has 9 heteroatoms. The Morgan fingerprint density at radius 1 is 1.25 bits per heavy atom. The summed E-state index contributed by atoms with van der Waals surface area (Å²) in [4.78, 5) is 11.3. The summed E-state index contributed by atoms with van der Waals surface area (Å²) in [6, 6.07) is 9.63. The van der Waals surface area contributed by atoms with Gasteiger partial charge in [0.15, 0.2) is 0 Å². The fourth-order valence-electron chi connectivity index (χ4n) is 1.98. The van der Waals surface area contributed by atoms with Gasteiger partial charge in [0.05, 0.1) is 0 Å². The van der Waals surface area contributed by atoms with Crippen molar-refractivity contribution in [2.24, 2.45) is 0 Å². The maximum Gasteiger partial charge on any atom is 0.270 e. The van der Waals surface area contributed by atoms with Gasteiger partial charge in [-0.2, -0.15) is 0 Å². The molecule has 0 spiro atoms. The van der Waals surface area contributed by atoms with Crippen LogP contribution in [-0.4, -0.2) is 30.6 Å². The second-order valence-electron chi connectivity index (χ2n) is 5.32. The number of nitrogens with zero attached hydrogens (tertiary/aromatic N) is 2. The number of hydrogen-bond donors (Lipinski definition) is 2. The molecule has 7 nitrogen and oxygen atoms in total. The lowest BCUT2D eigenvalue weighted by Crippen LogP contribution is -2.32. The lowest BCUT2D eigenvalue weighted by molar-refractivity contribution is -0.115. The monoisotopic (exact) mass is 368 g/mol. The Bertz CT molecular complexity index is 775. The second-order valence-corrected chi connectivity index (χ2v) is 8.19. The van der Waals surface area contributed by atoms with Gasteiger partial charge in [-0.25, -0.2) is 13.1 Å². The van der Waals surface area contributed by atoms with Gasteiger partial charge in [0.25, 0.3) is 10.0 Å². The predicted octanol–water partition coefficient (Wildman–Crippen LogP) is 2.19. The van der Waals surface area contributed by atoms with Gasteiger partial charge in [0.1, 0.15) is 0 Å². The molecule has 0 saturated carbocycles. The van der Waals surface area contributed by atoms with Crippen LogP contribution >= 0.6 is 11.3 Å². The molecule has 1 aromatic heterocycles. The number of rotatable bonds is 8. The summed E-state index contributed by atoms with van der Waals surface area (Å²) in [7, 11) is -3.74. The minimum absolute atomic E-state index is 0.152. The molecule has 0 aliphatic rings. The molecule has 1 amide bonds. The molecule has 1 heterocycles. The molecule has 1 unspecified atom stereocenters. The summed E-state index contributed by atoms with van der Waals surface area (Å²) in [5.41, 5.74) is 1.16. The summed E-state index contributed by atoms with van der Waals surface area (Å²) in [6.45, 7) is 3.51. The van der Waals surface area contributed by atoms with E-state index in [-0.39, 0.29) is 27.8 Å². The molecule has 2 aromatic rings. The van der Waals surface area contributed by atoms with E-state index in [1.54, 1.807) is 13.8 Å². The highest BCUT2D eigenvalue weighted by Gasteiger charge is 2.22. The van der Waals surface area contributed by atoms with Gasteiger partial charge >= 0.3 is 0 Å². The van der Waals surface area contributed by atoms with Crippen LogP contribution in [0.4, 0.5) is 5.13 Å². The standard InChI is InChI=1S/C15H20N4O3S2/c1-3-13(20)16-14-17-18-15(23-14)24(21,22)19-11(2)9-10-12-7-5-4-6-8-12/h4-8,11,19H,3,9-10H2,1-2H3,(H,16,17,20). The number of anilines is 1. The van der Waals surface area contributed by atoms with E-state index in [2.05, 4.69) is 20.2 Å². The summed E-state index contributed by atoms with van der Waals surface area (Å²) in [5, 5.41) is 10.0. The van der Waals surface area contributed by atoms with Crippen molar-refractivity contribution >= 4 is 32.4 Å². The molecule has 1 aromatic carbocycles. The van der Waals surface area contributed by atoms with E-state index in [4.69, 9.17) is 0 Å². The zero-order chi connectivity index (χ0) is 17.6. The van der Waals surface area contributed by atoms with Crippen LogP contribution in [0.1, 0.15) is 32.3 Å². The van der Waals surface area contributed by atoms with Crippen molar-refractivity contribution in [3.63, 3.8) is 0 Å². The molecular formula is C15H20N4O3S2. The van der Waals surface area contributed by atoms with Crippen LogP contribution in [0, 0.1) is 0 Å². The highest BCUT2D eigenvalue weighted by Crippen LogP contribution is 2.20. The van der Waals surface area contributed by atoms with Gasteiger partial charge in [0.2, 0.25) is 15.4 Å². The van der Waals surface area contributed by atoms with Crippen molar-refractivity contribution in [1.82, 2.24) is 14.9 Å². The minimum atomic E-state index is -3.74. The van der Waals surface area contributed by atoms with Crippen molar-refractivity contribution in [1.29, 1.82) is 0 Å². The van der Waals surface area contributed by atoms with Gasteiger partial charge in [-0.1, -0.05) is 48.6 Å². The van der Waals surface area contributed by atoms with Crippen molar-refractivity contribution < 1.29 is 13.2 Å². The SMILES string of the molecule is CCC(=O)Nc1nnc(S(=O)(=O)NC(C)CCc2ccccc2)s1. The number of aromatic nitrogens is 2. The summed E-state index contributed by atoms with van der Waals surface area (Å²) < 4.78 is 27.1. The molecule has 2 rings (SSSR count). The van der Waals surface area contributed by atoms with Gasteiger partial charge in [-0.15, -0.1) is 10.2 Å². The second kappa shape index (κ2) is 8.32. The minimum Gasteiger partial charge on any atom is -0.301 e. The zero-order valence-corrected chi connectivity index (χ0v) is 15.2. The Hall–Kier alpha value is -1.84. The number of sulfonamides is 1. The molecule has 0 aliphatic carbocycles. The van der Waals surface area contributed by atoms with E-state index in [1.807, 2.05) is 30.3 Å². The maximum atomic E-state index is 12.3. The molecule has 2 N–H and O–H groups in total.